The first-order chi connectivity index (χ1) is 9.22. The first kappa shape index (κ1) is 16.1. The molecule has 0 fully saturated rings. The monoisotopic (exact) mass is 270 g/mol. The topological polar surface area (TPSA) is 52.0 Å². The quantitative estimate of drug-likeness (QED) is 0.698. The maximum atomic E-state index is 5.69. The number of rotatable bonds is 0. The minimum absolute atomic E-state index is 0.892. The number of nitrogens with two attached hydrogens (primary N) is 2. The van der Waals surface area contributed by atoms with Crippen molar-refractivity contribution in [2.24, 2.45) is 0 Å². The molecule has 0 bridgehead atoms. The van der Waals surface area contributed by atoms with Crippen LogP contribution in [0, 0.1) is 41.5 Å². The van der Waals surface area contributed by atoms with E-state index in [1.54, 1.807) is 0 Å². The van der Waals surface area contributed by atoms with E-state index in [4.69, 9.17) is 11.5 Å². The summed E-state index contributed by atoms with van der Waals surface area (Å²) in [5.74, 6) is 0. The molecule has 2 nitrogen and oxygen atoms in total. The summed E-state index contributed by atoms with van der Waals surface area (Å²) in [7, 11) is 0. The molecule has 2 aromatic rings. The Balaban J connectivity index is 0.000000200. The van der Waals surface area contributed by atoms with E-state index in [9.17, 15) is 0 Å². The van der Waals surface area contributed by atoms with Crippen molar-refractivity contribution >= 4 is 11.4 Å². The Hall–Kier alpha value is -1.96. The normalized spacial score (nSPS) is 9.90. The largest absolute Gasteiger partial charge is 0.399 e. The highest BCUT2D eigenvalue weighted by Crippen LogP contribution is 2.16. The summed E-state index contributed by atoms with van der Waals surface area (Å²) < 4.78 is 0. The van der Waals surface area contributed by atoms with Crippen LogP contribution in [-0.2, 0) is 0 Å². The van der Waals surface area contributed by atoms with Crippen LogP contribution in [0.4, 0.5) is 11.4 Å². The maximum absolute atomic E-state index is 5.69. The Morgan fingerprint density at radius 3 is 0.950 bits per heavy atom. The van der Waals surface area contributed by atoms with Gasteiger partial charge in [0.05, 0.1) is 0 Å². The molecular formula is C18H26N2. The van der Waals surface area contributed by atoms with Gasteiger partial charge in [0, 0.05) is 11.4 Å². The van der Waals surface area contributed by atoms with Gasteiger partial charge in [-0.3, -0.25) is 0 Å². The van der Waals surface area contributed by atoms with Gasteiger partial charge in [-0.15, -0.1) is 0 Å². The highest BCUT2D eigenvalue weighted by molar-refractivity contribution is 5.51. The molecule has 20 heavy (non-hydrogen) atoms. The van der Waals surface area contributed by atoms with Crippen molar-refractivity contribution in [3.8, 4) is 0 Å². The predicted molar refractivity (Wildman–Crippen MR) is 90.1 cm³/mol. The average molecular weight is 270 g/mol. The average Bonchev–Trinajstić information content (AvgIpc) is 2.35. The standard InChI is InChI=1S/2C9H13N/c2*1-6-4-8(3)9(10)5-7(6)2/h2*4-5H,10H2,1-3H3. The Labute approximate surface area is 122 Å². The Morgan fingerprint density at radius 2 is 0.700 bits per heavy atom. The molecule has 4 N–H and O–H groups in total. The van der Waals surface area contributed by atoms with Crippen LogP contribution in [0.5, 0.6) is 0 Å². The fourth-order valence-electron chi connectivity index (χ4n) is 1.97. The highest BCUT2D eigenvalue weighted by Gasteiger charge is 1.96. The summed E-state index contributed by atoms with van der Waals surface area (Å²) >= 11 is 0. The SMILES string of the molecule is Cc1cc(C)c(N)cc1C.Cc1cc(C)c(N)cc1C. The van der Waals surface area contributed by atoms with E-state index in [1.807, 2.05) is 26.0 Å². The molecule has 0 aromatic heterocycles. The highest BCUT2D eigenvalue weighted by atomic mass is 14.6. The van der Waals surface area contributed by atoms with Crippen molar-refractivity contribution in [2.45, 2.75) is 41.5 Å². The molecule has 0 aliphatic carbocycles. The molecule has 0 aliphatic rings. The van der Waals surface area contributed by atoms with Crippen LogP contribution in [0.2, 0.25) is 0 Å². The molecule has 0 unspecified atom stereocenters. The molecule has 2 heteroatoms. The fourth-order valence-corrected chi connectivity index (χ4v) is 1.97. The van der Waals surface area contributed by atoms with Crippen molar-refractivity contribution < 1.29 is 0 Å². The number of hydrogen-bond donors (Lipinski definition) is 2. The number of aryl methyl sites for hydroxylation is 6. The molecule has 0 radical (unpaired) electrons. The van der Waals surface area contributed by atoms with Crippen LogP contribution in [0.3, 0.4) is 0 Å². The van der Waals surface area contributed by atoms with Gasteiger partial charge in [0.25, 0.3) is 0 Å². The summed E-state index contributed by atoms with van der Waals surface area (Å²) in [6.45, 7) is 12.4. The minimum Gasteiger partial charge on any atom is -0.399 e. The van der Waals surface area contributed by atoms with Gasteiger partial charge in [-0.1, -0.05) is 12.1 Å². The molecule has 108 valence electrons. The van der Waals surface area contributed by atoms with Crippen LogP contribution >= 0.6 is 0 Å². The van der Waals surface area contributed by atoms with E-state index in [-0.39, 0.29) is 0 Å². The van der Waals surface area contributed by atoms with Crippen LogP contribution in [0.25, 0.3) is 0 Å². The summed E-state index contributed by atoms with van der Waals surface area (Å²) in [5.41, 5.74) is 20.7. The minimum atomic E-state index is 0.892. The molecule has 0 saturated carbocycles. The van der Waals surface area contributed by atoms with Crippen LogP contribution < -0.4 is 11.5 Å². The van der Waals surface area contributed by atoms with Crippen molar-refractivity contribution in [3.05, 3.63) is 57.6 Å². The number of hydrogen-bond acceptors (Lipinski definition) is 2. The number of benzene rings is 2. The van der Waals surface area contributed by atoms with E-state index < -0.39 is 0 Å². The first-order valence-corrected chi connectivity index (χ1v) is 6.89. The van der Waals surface area contributed by atoms with Crippen LogP contribution in [0.15, 0.2) is 24.3 Å². The van der Waals surface area contributed by atoms with Gasteiger partial charge in [0.2, 0.25) is 0 Å². The van der Waals surface area contributed by atoms with Gasteiger partial charge in [-0.25, -0.2) is 0 Å². The lowest BCUT2D eigenvalue weighted by Gasteiger charge is -2.03. The molecule has 2 rings (SSSR count). The molecule has 2 aromatic carbocycles. The zero-order chi connectivity index (χ0) is 15.4. The van der Waals surface area contributed by atoms with Gasteiger partial charge in [-0.2, -0.15) is 0 Å². The summed E-state index contributed by atoms with van der Waals surface area (Å²) in [6.07, 6.45) is 0. The van der Waals surface area contributed by atoms with Gasteiger partial charge < -0.3 is 11.5 Å². The van der Waals surface area contributed by atoms with Gasteiger partial charge in [0.1, 0.15) is 0 Å². The Morgan fingerprint density at radius 1 is 0.450 bits per heavy atom. The Bertz CT molecular complexity index is 457. The summed E-state index contributed by atoms with van der Waals surface area (Å²) in [6, 6.07) is 8.27. The lowest BCUT2D eigenvalue weighted by Crippen LogP contribution is -1.91. The molecular weight excluding hydrogens is 244 g/mol. The van der Waals surface area contributed by atoms with Gasteiger partial charge in [0.15, 0.2) is 0 Å². The van der Waals surface area contributed by atoms with Crippen molar-refractivity contribution in [1.82, 2.24) is 0 Å². The number of anilines is 2. The number of nitrogen functional groups attached to an aromatic ring is 2. The molecule has 0 aliphatic heterocycles. The van der Waals surface area contributed by atoms with Crippen molar-refractivity contribution in [2.75, 3.05) is 11.5 Å². The zero-order valence-corrected chi connectivity index (χ0v) is 13.5. The second-order valence-corrected chi connectivity index (χ2v) is 5.59. The smallest absolute Gasteiger partial charge is 0.0346 e. The first-order valence-electron chi connectivity index (χ1n) is 6.89. The van der Waals surface area contributed by atoms with E-state index >= 15 is 0 Å². The second-order valence-electron chi connectivity index (χ2n) is 5.59. The predicted octanol–water partition coefficient (Wildman–Crippen LogP) is 4.39. The molecule has 0 saturated heterocycles. The fraction of sp³-hybridized carbons (Fsp3) is 0.333. The van der Waals surface area contributed by atoms with E-state index in [0.717, 1.165) is 11.4 Å². The third-order valence-electron chi connectivity index (χ3n) is 3.76. The molecule has 0 amide bonds. The Kier molecular flexibility index (Phi) is 5.20. The van der Waals surface area contributed by atoms with Crippen molar-refractivity contribution in [1.29, 1.82) is 0 Å². The second kappa shape index (κ2) is 6.47. The molecule has 0 spiro atoms. The van der Waals surface area contributed by atoms with E-state index in [2.05, 4.69) is 39.8 Å². The lowest BCUT2D eigenvalue weighted by molar-refractivity contribution is 1.30. The molecule has 0 atom stereocenters. The van der Waals surface area contributed by atoms with Crippen molar-refractivity contribution in [3.63, 3.8) is 0 Å². The third-order valence-corrected chi connectivity index (χ3v) is 3.76. The van der Waals surface area contributed by atoms with E-state index in [0.29, 0.717) is 0 Å². The van der Waals surface area contributed by atoms with E-state index in [1.165, 1.54) is 33.4 Å². The van der Waals surface area contributed by atoms with Crippen LogP contribution in [0.1, 0.15) is 33.4 Å². The van der Waals surface area contributed by atoms with Gasteiger partial charge >= 0.3 is 0 Å². The van der Waals surface area contributed by atoms with Crippen LogP contribution in [-0.4, -0.2) is 0 Å². The zero-order valence-electron chi connectivity index (χ0n) is 13.5. The van der Waals surface area contributed by atoms with Gasteiger partial charge in [-0.05, 0) is 87.1 Å². The molecule has 0 heterocycles. The lowest BCUT2D eigenvalue weighted by atomic mass is 10.1. The third kappa shape index (κ3) is 4.02. The maximum Gasteiger partial charge on any atom is 0.0346 e. The summed E-state index contributed by atoms with van der Waals surface area (Å²) in [4.78, 5) is 0. The summed E-state index contributed by atoms with van der Waals surface area (Å²) in [5, 5.41) is 0.